The Morgan fingerprint density at radius 1 is 1.47 bits per heavy atom. The molecule has 0 radical (unpaired) electrons. The standard InChI is InChI=1S/C11H21NO3/c1-5-10(11(13)14-4)12-6-8(2)15-9(3)7-12/h8-10H,5-7H2,1-4H3. The van der Waals surface area contributed by atoms with Crippen LogP contribution >= 0.6 is 0 Å². The van der Waals surface area contributed by atoms with Gasteiger partial charge in [0, 0.05) is 13.1 Å². The molecule has 1 rings (SSSR count). The summed E-state index contributed by atoms with van der Waals surface area (Å²) in [6.07, 6.45) is 1.16. The van der Waals surface area contributed by atoms with Crippen LogP contribution in [-0.4, -0.2) is 49.3 Å². The molecular formula is C11H21NO3. The van der Waals surface area contributed by atoms with E-state index in [1.54, 1.807) is 0 Å². The third-order valence-corrected chi connectivity index (χ3v) is 2.75. The first-order valence-electron chi connectivity index (χ1n) is 5.55. The van der Waals surface area contributed by atoms with E-state index >= 15 is 0 Å². The van der Waals surface area contributed by atoms with E-state index in [0.717, 1.165) is 19.5 Å². The average molecular weight is 215 g/mol. The summed E-state index contributed by atoms with van der Waals surface area (Å²) in [6.45, 7) is 7.68. The van der Waals surface area contributed by atoms with E-state index < -0.39 is 0 Å². The number of rotatable bonds is 3. The molecule has 3 atom stereocenters. The molecule has 1 heterocycles. The Morgan fingerprint density at radius 2 is 2.00 bits per heavy atom. The normalized spacial score (nSPS) is 29.9. The highest BCUT2D eigenvalue weighted by molar-refractivity contribution is 5.75. The molecule has 15 heavy (non-hydrogen) atoms. The van der Waals surface area contributed by atoms with E-state index in [1.165, 1.54) is 7.11 Å². The lowest BCUT2D eigenvalue weighted by Gasteiger charge is -2.38. The molecule has 0 saturated carbocycles. The number of carbonyl (C=O) groups is 1. The van der Waals surface area contributed by atoms with E-state index in [9.17, 15) is 4.79 Å². The van der Waals surface area contributed by atoms with Gasteiger partial charge in [0.2, 0.25) is 0 Å². The van der Waals surface area contributed by atoms with E-state index in [4.69, 9.17) is 9.47 Å². The van der Waals surface area contributed by atoms with Crippen molar-refractivity contribution >= 4 is 5.97 Å². The predicted octanol–water partition coefficient (Wildman–Crippen LogP) is 1.05. The minimum atomic E-state index is -0.140. The van der Waals surface area contributed by atoms with Crippen molar-refractivity contribution < 1.29 is 14.3 Å². The fourth-order valence-corrected chi connectivity index (χ4v) is 2.18. The maximum atomic E-state index is 11.6. The van der Waals surface area contributed by atoms with Gasteiger partial charge in [0.15, 0.2) is 0 Å². The van der Waals surface area contributed by atoms with Crippen molar-refractivity contribution in [3.63, 3.8) is 0 Å². The lowest BCUT2D eigenvalue weighted by Crippen LogP contribution is -2.52. The topological polar surface area (TPSA) is 38.8 Å². The molecule has 4 heteroatoms. The van der Waals surface area contributed by atoms with E-state index in [2.05, 4.69) is 4.90 Å². The van der Waals surface area contributed by atoms with Gasteiger partial charge in [-0.1, -0.05) is 6.92 Å². The van der Waals surface area contributed by atoms with Gasteiger partial charge in [-0.05, 0) is 20.3 Å². The Balaban J connectivity index is 2.63. The summed E-state index contributed by atoms with van der Waals surface area (Å²) in [7, 11) is 1.44. The molecule has 1 saturated heterocycles. The van der Waals surface area contributed by atoms with Gasteiger partial charge in [0.25, 0.3) is 0 Å². The molecule has 88 valence electrons. The zero-order chi connectivity index (χ0) is 11.4. The van der Waals surface area contributed by atoms with E-state index in [0.29, 0.717) is 0 Å². The van der Waals surface area contributed by atoms with Gasteiger partial charge < -0.3 is 9.47 Å². The molecule has 4 nitrogen and oxygen atoms in total. The van der Waals surface area contributed by atoms with Gasteiger partial charge in [-0.15, -0.1) is 0 Å². The first kappa shape index (κ1) is 12.5. The van der Waals surface area contributed by atoms with Crippen LogP contribution in [-0.2, 0) is 14.3 Å². The van der Waals surface area contributed by atoms with Crippen molar-refractivity contribution in [1.82, 2.24) is 4.90 Å². The molecule has 0 aromatic heterocycles. The van der Waals surface area contributed by atoms with Gasteiger partial charge in [0.1, 0.15) is 6.04 Å². The van der Waals surface area contributed by atoms with Crippen LogP contribution in [0.1, 0.15) is 27.2 Å². The third kappa shape index (κ3) is 3.18. The van der Waals surface area contributed by atoms with Crippen molar-refractivity contribution in [2.24, 2.45) is 0 Å². The Morgan fingerprint density at radius 3 is 2.40 bits per heavy atom. The second-order valence-electron chi connectivity index (χ2n) is 4.16. The van der Waals surface area contributed by atoms with Crippen LogP contribution < -0.4 is 0 Å². The highest BCUT2D eigenvalue weighted by atomic mass is 16.5. The quantitative estimate of drug-likeness (QED) is 0.660. The summed E-state index contributed by atoms with van der Waals surface area (Å²) in [5, 5.41) is 0. The number of hydrogen-bond donors (Lipinski definition) is 0. The molecule has 1 fully saturated rings. The van der Waals surface area contributed by atoms with Crippen molar-refractivity contribution in [2.75, 3.05) is 20.2 Å². The Hall–Kier alpha value is -0.610. The number of esters is 1. The fourth-order valence-electron chi connectivity index (χ4n) is 2.18. The molecule has 0 bridgehead atoms. The number of methoxy groups -OCH3 is 1. The summed E-state index contributed by atoms with van der Waals surface area (Å²) >= 11 is 0. The smallest absolute Gasteiger partial charge is 0.323 e. The van der Waals surface area contributed by atoms with Crippen LogP contribution in [0.2, 0.25) is 0 Å². The maximum absolute atomic E-state index is 11.6. The third-order valence-electron chi connectivity index (χ3n) is 2.75. The zero-order valence-corrected chi connectivity index (χ0v) is 10.0. The Labute approximate surface area is 91.5 Å². The lowest BCUT2D eigenvalue weighted by atomic mass is 10.1. The number of morpholine rings is 1. The highest BCUT2D eigenvalue weighted by Crippen LogP contribution is 2.16. The lowest BCUT2D eigenvalue weighted by molar-refractivity contribution is -0.152. The van der Waals surface area contributed by atoms with Crippen LogP contribution in [0.3, 0.4) is 0 Å². The van der Waals surface area contributed by atoms with Crippen LogP contribution in [0.4, 0.5) is 0 Å². The average Bonchev–Trinajstić information content (AvgIpc) is 2.17. The molecule has 3 unspecified atom stereocenters. The second-order valence-corrected chi connectivity index (χ2v) is 4.16. The first-order chi connectivity index (χ1) is 7.08. The van der Waals surface area contributed by atoms with Crippen LogP contribution in [0.15, 0.2) is 0 Å². The Bertz CT molecular complexity index is 210. The van der Waals surface area contributed by atoms with Crippen LogP contribution in [0, 0.1) is 0 Å². The minimum absolute atomic E-state index is 0.121. The number of carbonyl (C=O) groups excluding carboxylic acids is 1. The summed E-state index contributed by atoms with van der Waals surface area (Å²) < 4.78 is 10.4. The molecule has 0 N–H and O–H groups in total. The summed E-state index contributed by atoms with van der Waals surface area (Å²) in [6, 6.07) is -0.121. The molecule has 0 aliphatic carbocycles. The van der Waals surface area contributed by atoms with E-state index in [1.807, 2.05) is 20.8 Å². The second kappa shape index (κ2) is 5.47. The number of ether oxygens (including phenoxy) is 2. The van der Waals surface area contributed by atoms with Gasteiger partial charge >= 0.3 is 5.97 Å². The summed E-state index contributed by atoms with van der Waals surface area (Å²) in [4.78, 5) is 13.7. The molecule has 0 amide bonds. The fraction of sp³-hybridized carbons (Fsp3) is 0.909. The van der Waals surface area contributed by atoms with Crippen molar-refractivity contribution in [2.45, 2.75) is 45.4 Å². The maximum Gasteiger partial charge on any atom is 0.323 e. The van der Waals surface area contributed by atoms with Crippen molar-refractivity contribution in [3.8, 4) is 0 Å². The molecule has 1 aliphatic heterocycles. The molecule has 0 aromatic rings. The minimum Gasteiger partial charge on any atom is -0.468 e. The van der Waals surface area contributed by atoms with Gasteiger partial charge in [-0.25, -0.2) is 0 Å². The van der Waals surface area contributed by atoms with Crippen molar-refractivity contribution in [1.29, 1.82) is 0 Å². The number of nitrogens with zero attached hydrogens (tertiary/aromatic N) is 1. The largest absolute Gasteiger partial charge is 0.468 e. The van der Waals surface area contributed by atoms with Crippen molar-refractivity contribution in [3.05, 3.63) is 0 Å². The van der Waals surface area contributed by atoms with Crippen LogP contribution in [0.5, 0.6) is 0 Å². The van der Waals surface area contributed by atoms with Gasteiger partial charge in [-0.3, -0.25) is 9.69 Å². The zero-order valence-electron chi connectivity index (χ0n) is 10.0. The summed E-state index contributed by atoms with van der Waals surface area (Å²) in [5.74, 6) is -0.140. The molecule has 0 spiro atoms. The summed E-state index contributed by atoms with van der Waals surface area (Å²) in [5.41, 5.74) is 0. The SMILES string of the molecule is CCC(C(=O)OC)N1CC(C)OC(C)C1. The molecule has 0 aromatic carbocycles. The molecular weight excluding hydrogens is 194 g/mol. The van der Waals surface area contributed by atoms with Gasteiger partial charge in [0.05, 0.1) is 19.3 Å². The van der Waals surface area contributed by atoms with Gasteiger partial charge in [-0.2, -0.15) is 0 Å². The highest BCUT2D eigenvalue weighted by Gasteiger charge is 2.31. The Kier molecular flexibility index (Phi) is 4.54. The first-order valence-corrected chi connectivity index (χ1v) is 5.55. The molecule has 1 aliphatic rings. The monoisotopic (exact) mass is 215 g/mol. The predicted molar refractivity (Wildman–Crippen MR) is 57.7 cm³/mol. The van der Waals surface area contributed by atoms with E-state index in [-0.39, 0.29) is 24.2 Å². The number of hydrogen-bond acceptors (Lipinski definition) is 4. The van der Waals surface area contributed by atoms with Crippen LogP contribution in [0.25, 0.3) is 0 Å².